The maximum atomic E-state index is 9.18. The third-order valence-electron chi connectivity index (χ3n) is 1.31. The summed E-state index contributed by atoms with van der Waals surface area (Å²) < 4.78 is 18.1. The molecule has 8 heteroatoms. The van der Waals surface area contributed by atoms with Gasteiger partial charge in [0, 0.05) is 0 Å². The molecule has 0 atom stereocenters. The number of carbonyl (C=O) groups excluding carboxylic acids is 2. The van der Waals surface area contributed by atoms with E-state index in [1.807, 2.05) is 0 Å². The Morgan fingerprint density at radius 1 is 0.750 bits per heavy atom. The van der Waals surface area contributed by atoms with E-state index in [0.717, 1.165) is 0 Å². The molecule has 0 bridgehead atoms. The Labute approximate surface area is 119 Å². The van der Waals surface area contributed by atoms with Gasteiger partial charge in [0.15, 0.2) is 0 Å². The number of rotatable bonds is 11. The minimum atomic E-state index is 0.0417. The minimum Gasteiger partial charge on any atom is -0.468 e. The molecule has 0 rings (SSSR count). The largest absolute Gasteiger partial charge is 0.468 e. The van der Waals surface area contributed by atoms with Crippen molar-refractivity contribution in [3.05, 3.63) is 0 Å². The zero-order chi connectivity index (χ0) is 15.9. The van der Waals surface area contributed by atoms with Crippen molar-refractivity contribution < 1.29 is 38.7 Å². The molecule has 0 aliphatic rings. The lowest BCUT2D eigenvalue weighted by molar-refractivity contribution is -0.129. The Kier molecular flexibility index (Phi) is 36.5. The third kappa shape index (κ3) is 43.7. The third-order valence-corrected chi connectivity index (χ3v) is 1.31. The van der Waals surface area contributed by atoms with Crippen LogP contribution in [-0.4, -0.2) is 76.0 Å². The molecule has 0 saturated carbocycles. The van der Waals surface area contributed by atoms with Crippen molar-refractivity contribution in [1.82, 2.24) is 0 Å². The molecule has 0 radical (unpaired) electrons. The Morgan fingerprint density at radius 3 is 1.25 bits per heavy atom. The highest BCUT2D eigenvalue weighted by atomic mass is 16.5. The molecule has 0 aliphatic heterocycles. The molecule has 0 amide bonds. The lowest BCUT2D eigenvalue weighted by atomic mass is 10.7. The van der Waals surface area contributed by atoms with Gasteiger partial charge in [-0.2, -0.15) is 0 Å². The smallest absolute Gasteiger partial charge is 0.293 e. The van der Waals surface area contributed by atoms with Gasteiger partial charge in [-0.05, 0) is 13.8 Å². The summed E-state index contributed by atoms with van der Waals surface area (Å²) in [6.07, 6.45) is 0. The maximum absolute atomic E-state index is 9.18. The van der Waals surface area contributed by atoms with Crippen molar-refractivity contribution in [1.29, 1.82) is 0 Å². The van der Waals surface area contributed by atoms with E-state index in [1.54, 1.807) is 13.8 Å². The quantitative estimate of drug-likeness (QED) is 0.383. The van der Waals surface area contributed by atoms with E-state index in [1.165, 1.54) is 0 Å². The van der Waals surface area contributed by atoms with Crippen molar-refractivity contribution in [2.75, 3.05) is 52.9 Å². The topological polar surface area (TPSA) is 112 Å². The van der Waals surface area contributed by atoms with Gasteiger partial charge in [-0.1, -0.05) is 0 Å². The zero-order valence-corrected chi connectivity index (χ0v) is 12.2. The fourth-order valence-corrected chi connectivity index (χ4v) is 0.587. The first-order valence-electron chi connectivity index (χ1n) is 6.22. The van der Waals surface area contributed by atoms with Crippen LogP contribution < -0.4 is 0 Å². The highest BCUT2D eigenvalue weighted by Crippen LogP contribution is 1.76. The van der Waals surface area contributed by atoms with E-state index in [9.17, 15) is 9.59 Å². The van der Waals surface area contributed by atoms with Crippen LogP contribution in [0.3, 0.4) is 0 Å². The average Bonchev–Trinajstić information content (AvgIpc) is 2.46. The summed E-state index contributed by atoms with van der Waals surface area (Å²) in [4.78, 5) is 18.4. The minimum absolute atomic E-state index is 0.0417. The number of hydrogen-bond acceptors (Lipinski definition) is 8. The second-order valence-electron chi connectivity index (χ2n) is 2.78. The average molecular weight is 298 g/mol. The Balaban J connectivity index is -0.000000244. The Bertz CT molecular complexity index is 148. The number of ether oxygens (including phenoxy) is 4. The summed E-state index contributed by atoms with van der Waals surface area (Å²) in [5, 5.41) is 16.5. The van der Waals surface area contributed by atoms with E-state index in [-0.39, 0.29) is 13.2 Å². The van der Waals surface area contributed by atoms with Crippen LogP contribution in [-0.2, 0) is 28.5 Å². The van der Waals surface area contributed by atoms with Gasteiger partial charge in [-0.25, -0.2) is 0 Å². The maximum Gasteiger partial charge on any atom is 0.293 e. The molecule has 20 heavy (non-hydrogen) atoms. The van der Waals surface area contributed by atoms with Crippen LogP contribution in [0.25, 0.3) is 0 Å². The molecular formula is C12H26O8. The molecule has 0 aromatic carbocycles. The summed E-state index contributed by atoms with van der Waals surface area (Å²) in [7, 11) is 0. The molecule has 0 aliphatic carbocycles. The monoisotopic (exact) mass is 298 g/mol. The molecule has 0 aromatic rings. The fourth-order valence-electron chi connectivity index (χ4n) is 0.587. The predicted molar refractivity (Wildman–Crippen MR) is 71.2 cm³/mol. The summed E-state index contributed by atoms with van der Waals surface area (Å²) in [6, 6.07) is 0. The van der Waals surface area contributed by atoms with Gasteiger partial charge in [0.05, 0.1) is 52.9 Å². The molecule has 0 spiro atoms. The van der Waals surface area contributed by atoms with Crippen LogP contribution in [0.1, 0.15) is 13.8 Å². The SMILES string of the molecule is CCOC=O.CCOC=O.OCCOCCOCCO. The molecule has 0 heterocycles. The Hall–Kier alpha value is -1.22. The molecule has 0 unspecified atom stereocenters. The summed E-state index contributed by atoms with van der Waals surface area (Å²) in [5.41, 5.74) is 0. The number of hydrogen-bond donors (Lipinski definition) is 2. The van der Waals surface area contributed by atoms with Crippen LogP contribution in [0.15, 0.2) is 0 Å². The summed E-state index contributed by atoms with van der Waals surface area (Å²) >= 11 is 0. The first-order chi connectivity index (χ1) is 9.74. The molecular weight excluding hydrogens is 272 g/mol. The van der Waals surface area contributed by atoms with E-state index in [0.29, 0.717) is 52.6 Å². The van der Waals surface area contributed by atoms with Gasteiger partial charge >= 0.3 is 0 Å². The second kappa shape index (κ2) is 30.7. The summed E-state index contributed by atoms with van der Waals surface area (Å²) in [5.74, 6) is 0. The van der Waals surface area contributed by atoms with Crippen LogP contribution in [0.4, 0.5) is 0 Å². The zero-order valence-electron chi connectivity index (χ0n) is 12.2. The van der Waals surface area contributed by atoms with Crippen molar-refractivity contribution in [3.63, 3.8) is 0 Å². The Morgan fingerprint density at radius 2 is 1.10 bits per heavy atom. The highest BCUT2D eigenvalue weighted by molar-refractivity contribution is 5.36. The second-order valence-corrected chi connectivity index (χ2v) is 2.78. The van der Waals surface area contributed by atoms with Crippen LogP contribution in [0, 0.1) is 0 Å². The van der Waals surface area contributed by atoms with Crippen LogP contribution >= 0.6 is 0 Å². The summed E-state index contributed by atoms with van der Waals surface area (Å²) in [6.45, 7) is 7.06. The van der Waals surface area contributed by atoms with Gasteiger partial charge in [0.1, 0.15) is 0 Å². The first kappa shape index (κ1) is 23.8. The fraction of sp³-hybridized carbons (Fsp3) is 0.833. The van der Waals surface area contributed by atoms with E-state index < -0.39 is 0 Å². The lowest BCUT2D eigenvalue weighted by Crippen LogP contribution is -2.09. The van der Waals surface area contributed by atoms with Gasteiger partial charge in [0.25, 0.3) is 12.9 Å². The number of aliphatic hydroxyl groups is 2. The highest BCUT2D eigenvalue weighted by Gasteiger charge is 1.86. The van der Waals surface area contributed by atoms with E-state index in [4.69, 9.17) is 19.7 Å². The predicted octanol–water partition coefficient (Wildman–Crippen LogP) is -0.637. The number of aliphatic hydroxyl groups excluding tert-OH is 2. The van der Waals surface area contributed by atoms with Crippen molar-refractivity contribution in [2.45, 2.75) is 13.8 Å². The van der Waals surface area contributed by atoms with Gasteiger partial charge in [-0.3, -0.25) is 9.59 Å². The molecule has 2 N–H and O–H groups in total. The molecule has 0 fully saturated rings. The van der Waals surface area contributed by atoms with Crippen molar-refractivity contribution in [2.24, 2.45) is 0 Å². The van der Waals surface area contributed by atoms with Crippen LogP contribution in [0.2, 0.25) is 0 Å². The van der Waals surface area contributed by atoms with Gasteiger partial charge in [-0.15, -0.1) is 0 Å². The lowest BCUT2D eigenvalue weighted by Gasteiger charge is -2.01. The van der Waals surface area contributed by atoms with Crippen LogP contribution in [0.5, 0.6) is 0 Å². The molecule has 122 valence electrons. The van der Waals surface area contributed by atoms with Gasteiger partial charge < -0.3 is 29.2 Å². The standard InChI is InChI=1S/C6H14O4.2C3H6O2/c7-1-3-9-5-6-10-4-2-8;2*1-2-5-3-4/h7-8H,1-6H2;2*3H,2H2,1H3. The van der Waals surface area contributed by atoms with Crippen molar-refractivity contribution in [3.8, 4) is 0 Å². The number of carbonyl (C=O) groups is 2. The first-order valence-corrected chi connectivity index (χ1v) is 6.22. The van der Waals surface area contributed by atoms with E-state index in [2.05, 4.69) is 9.47 Å². The molecule has 0 aromatic heterocycles. The normalized spacial score (nSPS) is 8.40. The van der Waals surface area contributed by atoms with E-state index >= 15 is 0 Å². The molecule has 0 saturated heterocycles. The van der Waals surface area contributed by atoms with Crippen molar-refractivity contribution >= 4 is 12.9 Å². The molecule has 8 nitrogen and oxygen atoms in total. The van der Waals surface area contributed by atoms with Gasteiger partial charge in [0.2, 0.25) is 0 Å².